The van der Waals surface area contributed by atoms with Crippen LogP contribution in [0.5, 0.6) is 5.75 Å². The smallest absolute Gasteiger partial charge is 0.344 e. The van der Waals surface area contributed by atoms with Gasteiger partial charge in [0.15, 0.2) is 13.2 Å². The van der Waals surface area contributed by atoms with Gasteiger partial charge >= 0.3 is 5.97 Å². The number of ether oxygens (including phenoxy) is 2. The Morgan fingerprint density at radius 1 is 0.867 bits per heavy atom. The van der Waals surface area contributed by atoms with Crippen molar-refractivity contribution < 1.29 is 19.1 Å². The van der Waals surface area contributed by atoms with Crippen LogP contribution in [0.15, 0.2) is 82.6 Å². The highest BCUT2D eigenvalue weighted by molar-refractivity contribution is 7.99. The van der Waals surface area contributed by atoms with Gasteiger partial charge in [-0.15, -0.1) is 0 Å². The molecule has 8 heteroatoms. The first kappa shape index (κ1) is 22.0. The molecular weight excluding hydrogens is 445 g/mol. The van der Waals surface area contributed by atoms with E-state index >= 15 is 0 Å². The second kappa shape index (κ2) is 10.9. The average molecular weight is 462 g/mol. The molecule has 0 aromatic heterocycles. The fourth-order valence-electron chi connectivity index (χ4n) is 2.36. The monoisotopic (exact) mass is 461 g/mol. The second-order valence-electron chi connectivity index (χ2n) is 5.98. The van der Waals surface area contributed by atoms with Gasteiger partial charge in [0, 0.05) is 14.8 Å². The molecule has 0 aliphatic heterocycles. The molecule has 0 saturated heterocycles. The quantitative estimate of drug-likeness (QED) is 0.435. The molecule has 3 aromatic carbocycles. The first-order valence-corrected chi connectivity index (χ1v) is 10.4. The van der Waals surface area contributed by atoms with Gasteiger partial charge in [-0.2, -0.15) is 0 Å². The van der Waals surface area contributed by atoms with Gasteiger partial charge < -0.3 is 14.8 Å². The van der Waals surface area contributed by atoms with Crippen molar-refractivity contribution in [2.75, 3.05) is 18.5 Å². The summed E-state index contributed by atoms with van der Waals surface area (Å²) in [4.78, 5) is 25.9. The van der Waals surface area contributed by atoms with Crippen molar-refractivity contribution in [3.05, 3.63) is 82.8 Å². The van der Waals surface area contributed by atoms with Crippen LogP contribution in [0.25, 0.3) is 0 Å². The number of benzene rings is 3. The van der Waals surface area contributed by atoms with Gasteiger partial charge in [-0.05, 0) is 48.5 Å². The van der Waals surface area contributed by atoms with Crippen LogP contribution in [-0.4, -0.2) is 25.1 Å². The number of anilines is 1. The van der Waals surface area contributed by atoms with Gasteiger partial charge in [-0.1, -0.05) is 59.2 Å². The molecule has 0 atom stereocenters. The van der Waals surface area contributed by atoms with Crippen LogP contribution in [0.4, 0.5) is 5.69 Å². The van der Waals surface area contributed by atoms with Gasteiger partial charge in [0.1, 0.15) is 5.75 Å². The molecule has 0 aliphatic rings. The third-order valence-electron chi connectivity index (χ3n) is 3.75. The van der Waals surface area contributed by atoms with Crippen LogP contribution >= 0.6 is 35.0 Å². The maximum Gasteiger partial charge on any atom is 0.344 e. The third kappa shape index (κ3) is 6.69. The minimum atomic E-state index is -0.672. The zero-order valence-corrected chi connectivity index (χ0v) is 18.0. The molecular formula is C22H17Cl2NO4S. The molecule has 3 aromatic rings. The molecule has 0 radical (unpaired) electrons. The van der Waals surface area contributed by atoms with Crippen molar-refractivity contribution in [3.63, 3.8) is 0 Å². The average Bonchev–Trinajstić information content (AvgIpc) is 2.74. The Morgan fingerprint density at radius 3 is 2.33 bits per heavy atom. The number of amides is 1. The Morgan fingerprint density at radius 2 is 1.57 bits per heavy atom. The van der Waals surface area contributed by atoms with Crippen molar-refractivity contribution in [2.24, 2.45) is 0 Å². The fraction of sp³-hybridized carbons (Fsp3) is 0.0909. The van der Waals surface area contributed by atoms with Crippen molar-refractivity contribution in [1.82, 2.24) is 0 Å². The molecule has 0 fully saturated rings. The lowest BCUT2D eigenvalue weighted by Crippen LogP contribution is -2.23. The van der Waals surface area contributed by atoms with Crippen LogP contribution < -0.4 is 10.1 Å². The SMILES string of the molecule is O=C(COC(=O)COc1ccccc1Cl)Nc1ccccc1Sc1ccc(Cl)cc1. The molecule has 3 rings (SSSR count). The predicted octanol–water partition coefficient (Wildman–Crippen LogP) is 5.71. The van der Waals surface area contributed by atoms with E-state index in [0.29, 0.717) is 21.5 Å². The molecule has 0 bridgehead atoms. The van der Waals surface area contributed by atoms with E-state index in [1.165, 1.54) is 11.8 Å². The summed E-state index contributed by atoms with van der Waals surface area (Å²) < 4.78 is 10.3. The zero-order chi connectivity index (χ0) is 21.3. The van der Waals surface area contributed by atoms with E-state index in [9.17, 15) is 9.59 Å². The topological polar surface area (TPSA) is 64.6 Å². The number of para-hydroxylation sites is 2. The number of carbonyl (C=O) groups is 2. The lowest BCUT2D eigenvalue weighted by Gasteiger charge is -2.11. The van der Waals surface area contributed by atoms with Crippen LogP contribution in [0.2, 0.25) is 10.0 Å². The third-order valence-corrected chi connectivity index (χ3v) is 5.40. The summed E-state index contributed by atoms with van der Waals surface area (Å²) in [5, 5.41) is 3.80. The summed E-state index contributed by atoms with van der Waals surface area (Å²) in [6.45, 7) is -0.773. The van der Waals surface area contributed by atoms with Gasteiger partial charge in [0.2, 0.25) is 0 Å². The van der Waals surface area contributed by atoms with Gasteiger partial charge in [0.05, 0.1) is 10.7 Å². The van der Waals surface area contributed by atoms with E-state index in [-0.39, 0.29) is 6.61 Å². The first-order valence-electron chi connectivity index (χ1n) is 8.86. The van der Waals surface area contributed by atoms with Crippen LogP contribution in [0.1, 0.15) is 0 Å². The van der Waals surface area contributed by atoms with Crippen molar-refractivity contribution in [3.8, 4) is 5.75 Å². The largest absolute Gasteiger partial charge is 0.480 e. The maximum absolute atomic E-state index is 12.2. The van der Waals surface area contributed by atoms with E-state index in [1.54, 1.807) is 42.5 Å². The van der Waals surface area contributed by atoms with Crippen molar-refractivity contribution in [1.29, 1.82) is 0 Å². The Balaban J connectivity index is 1.50. The first-order chi connectivity index (χ1) is 14.5. The molecule has 1 N–H and O–H groups in total. The number of nitrogens with one attached hydrogen (secondary N) is 1. The van der Waals surface area contributed by atoms with E-state index in [4.69, 9.17) is 32.7 Å². The Hall–Kier alpha value is -2.67. The predicted molar refractivity (Wildman–Crippen MR) is 119 cm³/mol. The highest BCUT2D eigenvalue weighted by atomic mass is 35.5. The summed E-state index contributed by atoms with van der Waals surface area (Å²) >= 11 is 13.4. The summed E-state index contributed by atoms with van der Waals surface area (Å²) in [7, 11) is 0. The van der Waals surface area contributed by atoms with Crippen molar-refractivity contribution in [2.45, 2.75) is 9.79 Å². The van der Waals surface area contributed by atoms with Crippen LogP contribution in [0, 0.1) is 0 Å². The van der Waals surface area contributed by atoms with Gasteiger partial charge in [-0.25, -0.2) is 4.79 Å². The van der Waals surface area contributed by atoms with E-state index in [2.05, 4.69) is 5.32 Å². The Labute approximate surface area is 188 Å². The minimum Gasteiger partial charge on any atom is -0.480 e. The van der Waals surface area contributed by atoms with E-state index < -0.39 is 18.5 Å². The summed E-state index contributed by atoms with van der Waals surface area (Å²) in [6, 6.07) is 21.5. The molecule has 0 unspecified atom stereocenters. The number of carbonyl (C=O) groups excluding carboxylic acids is 2. The molecule has 0 heterocycles. The molecule has 1 amide bonds. The minimum absolute atomic E-state index is 0.347. The molecule has 0 saturated carbocycles. The van der Waals surface area contributed by atoms with Crippen LogP contribution in [0.3, 0.4) is 0 Å². The summed E-state index contributed by atoms with van der Waals surface area (Å²) in [5.41, 5.74) is 0.616. The number of hydrogen-bond donors (Lipinski definition) is 1. The van der Waals surface area contributed by atoms with E-state index in [0.717, 1.165) is 9.79 Å². The number of esters is 1. The molecule has 154 valence electrons. The summed E-state index contributed by atoms with van der Waals surface area (Å²) in [6.07, 6.45) is 0. The fourth-order valence-corrected chi connectivity index (χ4v) is 3.58. The maximum atomic E-state index is 12.2. The standard InChI is InChI=1S/C22H17Cl2NO4S/c23-15-9-11-16(12-10-15)30-20-8-4-2-6-18(20)25-21(26)13-29-22(27)14-28-19-7-3-1-5-17(19)24/h1-12H,13-14H2,(H,25,26). The Bertz CT molecular complexity index is 1030. The van der Waals surface area contributed by atoms with Gasteiger partial charge in [0.25, 0.3) is 5.91 Å². The number of rotatable bonds is 8. The molecule has 5 nitrogen and oxygen atoms in total. The molecule has 0 aliphatic carbocycles. The van der Waals surface area contributed by atoms with Crippen LogP contribution in [-0.2, 0) is 14.3 Å². The number of halogens is 2. The summed E-state index contributed by atoms with van der Waals surface area (Å²) in [5.74, 6) is -0.757. The Kier molecular flexibility index (Phi) is 8.02. The molecule has 0 spiro atoms. The zero-order valence-electron chi connectivity index (χ0n) is 15.6. The highest BCUT2D eigenvalue weighted by Gasteiger charge is 2.12. The number of hydrogen-bond acceptors (Lipinski definition) is 5. The second-order valence-corrected chi connectivity index (χ2v) is 7.94. The van der Waals surface area contributed by atoms with Gasteiger partial charge in [-0.3, -0.25) is 4.79 Å². The highest BCUT2D eigenvalue weighted by Crippen LogP contribution is 2.33. The lowest BCUT2D eigenvalue weighted by atomic mass is 10.3. The lowest BCUT2D eigenvalue weighted by molar-refractivity contribution is -0.149. The normalized spacial score (nSPS) is 10.3. The van der Waals surface area contributed by atoms with E-state index in [1.807, 2.05) is 30.3 Å². The molecule has 30 heavy (non-hydrogen) atoms. The van der Waals surface area contributed by atoms with Crippen molar-refractivity contribution >= 4 is 52.5 Å².